The maximum Gasteiger partial charge on any atom is 0.252 e. The normalized spacial score (nSPS) is 12.2. The fraction of sp³-hybridized carbons (Fsp3) is 0.176. The number of benzene rings is 2. The van der Waals surface area contributed by atoms with Gasteiger partial charge in [0.05, 0.1) is 15.7 Å². The van der Waals surface area contributed by atoms with E-state index in [9.17, 15) is 4.79 Å². The van der Waals surface area contributed by atoms with Crippen molar-refractivity contribution in [3.8, 4) is 0 Å². The molecule has 2 aromatic rings. The van der Waals surface area contributed by atoms with Gasteiger partial charge in [0.15, 0.2) is 5.11 Å². The summed E-state index contributed by atoms with van der Waals surface area (Å²) in [4.78, 5) is 12.4. The third-order valence-electron chi connectivity index (χ3n) is 3.39. The lowest BCUT2D eigenvalue weighted by atomic mass is 10.1. The summed E-state index contributed by atoms with van der Waals surface area (Å²) in [6, 6.07) is 11.9. The minimum atomic E-state index is -1.88. The first-order chi connectivity index (χ1) is 12.6. The summed E-state index contributed by atoms with van der Waals surface area (Å²) < 4.78 is -1.88. The van der Waals surface area contributed by atoms with E-state index in [4.69, 9.17) is 70.2 Å². The van der Waals surface area contributed by atoms with Crippen LogP contribution in [0.25, 0.3) is 0 Å². The summed E-state index contributed by atoms with van der Waals surface area (Å²) in [5, 5.41) is 8.96. The minimum absolute atomic E-state index is 0.0607. The SMILES string of the molecule is Cc1ccc(C(=O)N[C@@H](NC(=S)Nc2c(Cl)cccc2Cl)C(Cl)(Cl)Cl)cc1. The van der Waals surface area contributed by atoms with Crippen LogP contribution in [0.1, 0.15) is 15.9 Å². The molecular weight excluding hydrogens is 472 g/mol. The molecule has 27 heavy (non-hydrogen) atoms. The summed E-state index contributed by atoms with van der Waals surface area (Å²) in [5.74, 6) is -0.433. The first kappa shape index (κ1) is 22.3. The average molecular weight is 486 g/mol. The summed E-state index contributed by atoms with van der Waals surface area (Å²) >= 11 is 35.3. The van der Waals surface area contributed by atoms with Crippen molar-refractivity contribution < 1.29 is 4.79 Å². The summed E-state index contributed by atoms with van der Waals surface area (Å²) in [6.45, 7) is 1.91. The quantitative estimate of drug-likeness (QED) is 0.295. The van der Waals surface area contributed by atoms with Crippen molar-refractivity contribution in [1.29, 1.82) is 0 Å². The highest BCUT2D eigenvalue weighted by Crippen LogP contribution is 2.31. The van der Waals surface area contributed by atoms with Crippen molar-refractivity contribution in [3.05, 3.63) is 63.6 Å². The van der Waals surface area contributed by atoms with Gasteiger partial charge in [-0.2, -0.15) is 0 Å². The van der Waals surface area contributed by atoms with Gasteiger partial charge in [-0.05, 0) is 43.4 Å². The lowest BCUT2D eigenvalue weighted by Gasteiger charge is -2.28. The van der Waals surface area contributed by atoms with Crippen molar-refractivity contribution in [2.45, 2.75) is 16.9 Å². The van der Waals surface area contributed by atoms with Gasteiger partial charge in [-0.3, -0.25) is 4.79 Å². The molecule has 0 heterocycles. The number of rotatable bonds is 4. The predicted molar refractivity (Wildman–Crippen MR) is 119 cm³/mol. The van der Waals surface area contributed by atoms with Gasteiger partial charge in [-0.1, -0.05) is 81.8 Å². The van der Waals surface area contributed by atoms with Crippen LogP contribution in [0.4, 0.5) is 5.69 Å². The van der Waals surface area contributed by atoms with E-state index < -0.39 is 15.9 Å². The number of amides is 1. The molecule has 0 saturated carbocycles. The van der Waals surface area contributed by atoms with Crippen LogP contribution in [0.5, 0.6) is 0 Å². The number of hydrogen-bond acceptors (Lipinski definition) is 2. The fourth-order valence-electron chi connectivity index (χ4n) is 2.02. The van der Waals surface area contributed by atoms with E-state index >= 15 is 0 Å². The molecular formula is C17H14Cl5N3OS. The van der Waals surface area contributed by atoms with E-state index in [1.165, 1.54) is 0 Å². The van der Waals surface area contributed by atoms with Crippen LogP contribution in [-0.4, -0.2) is 21.0 Å². The van der Waals surface area contributed by atoms with E-state index in [0.717, 1.165) is 5.56 Å². The van der Waals surface area contributed by atoms with Gasteiger partial charge in [0.2, 0.25) is 3.79 Å². The number of para-hydroxylation sites is 1. The monoisotopic (exact) mass is 483 g/mol. The van der Waals surface area contributed by atoms with E-state index in [0.29, 0.717) is 21.3 Å². The lowest BCUT2D eigenvalue weighted by molar-refractivity contribution is 0.0934. The topological polar surface area (TPSA) is 53.2 Å². The Morgan fingerprint density at radius 1 is 1.00 bits per heavy atom. The molecule has 0 fully saturated rings. The van der Waals surface area contributed by atoms with Crippen molar-refractivity contribution >= 4 is 86.9 Å². The number of aryl methyl sites for hydroxylation is 1. The van der Waals surface area contributed by atoms with Gasteiger partial charge in [0, 0.05) is 5.56 Å². The van der Waals surface area contributed by atoms with Crippen LogP contribution in [-0.2, 0) is 0 Å². The Hall–Kier alpha value is -0.950. The van der Waals surface area contributed by atoms with Crippen molar-refractivity contribution in [3.63, 3.8) is 0 Å². The van der Waals surface area contributed by atoms with Gasteiger partial charge in [-0.25, -0.2) is 0 Å². The molecule has 0 aliphatic rings. The molecule has 10 heteroatoms. The van der Waals surface area contributed by atoms with Gasteiger partial charge in [-0.15, -0.1) is 0 Å². The van der Waals surface area contributed by atoms with Crippen LogP contribution in [0.2, 0.25) is 10.0 Å². The fourth-order valence-corrected chi connectivity index (χ4v) is 3.06. The molecule has 0 bridgehead atoms. The zero-order valence-electron chi connectivity index (χ0n) is 13.8. The van der Waals surface area contributed by atoms with Crippen LogP contribution in [0.15, 0.2) is 42.5 Å². The second-order valence-electron chi connectivity index (χ2n) is 5.51. The van der Waals surface area contributed by atoms with Crippen LogP contribution < -0.4 is 16.0 Å². The number of carbonyl (C=O) groups is 1. The Morgan fingerprint density at radius 3 is 2.07 bits per heavy atom. The van der Waals surface area contributed by atoms with E-state index in [1.807, 2.05) is 6.92 Å². The summed E-state index contributed by atoms with van der Waals surface area (Å²) in [5.41, 5.74) is 1.82. The maximum atomic E-state index is 12.4. The van der Waals surface area contributed by atoms with Gasteiger partial charge in [0.25, 0.3) is 5.91 Å². The van der Waals surface area contributed by atoms with E-state index in [2.05, 4.69) is 16.0 Å². The van der Waals surface area contributed by atoms with Crippen LogP contribution >= 0.6 is 70.2 Å². The van der Waals surface area contributed by atoms with Gasteiger partial charge in [0.1, 0.15) is 6.17 Å². The Balaban J connectivity index is 2.11. The van der Waals surface area contributed by atoms with Crippen LogP contribution in [0, 0.1) is 6.92 Å². The molecule has 0 aromatic heterocycles. The number of anilines is 1. The van der Waals surface area contributed by atoms with E-state index in [-0.39, 0.29) is 5.11 Å². The third kappa shape index (κ3) is 6.56. The first-order valence-corrected chi connectivity index (χ1v) is 9.83. The number of carbonyl (C=O) groups excluding carboxylic acids is 1. The molecule has 0 spiro atoms. The largest absolute Gasteiger partial charge is 0.339 e. The average Bonchev–Trinajstić information content (AvgIpc) is 2.57. The Labute approximate surface area is 187 Å². The molecule has 4 nitrogen and oxygen atoms in total. The number of thiocarbonyl (C=S) groups is 1. The Morgan fingerprint density at radius 2 is 1.56 bits per heavy atom. The maximum absolute atomic E-state index is 12.4. The highest BCUT2D eigenvalue weighted by molar-refractivity contribution is 7.80. The highest BCUT2D eigenvalue weighted by Gasteiger charge is 2.35. The molecule has 144 valence electrons. The molecule has 1 atom stereocenters. The number of nitrogens with one attached hydrogen (secondary N) is 3. The lowest BCUT2D eigenvalue weighted by Crippen LogP contribution is -2.56. The zero-order valence-corrected chi connectivity index (χ0v) is 18.4. The van der Waals surface area contributed by atoms with Crippen LogP contribution in [0.3, 0.4) is 0 Å². The minimum Gasteiger partial charge on any atom is -0.339 e. The molecule has 0 aliphatic heterocycles. The molecule has 3 N–H and O–H groups in total. The molecule has 0 radical (unpaired) electrons. The molecule has 0 aliphatic carbocycles. The Kier molecular flexibility index (Phi) is 7.86. The highest BCUT2D eigenvalue weighted by atomic mass is 35.6. The van der Waals surface area contributed by atoms with Crippen molar-refractivity contribution in [2.24, 2.45) is 0 Å². The first-order valence-electron chi connectivity index (χ1n) is 7.53. The molecule has 0 unspecified atom stereocenters. The molecule has 0 saturated heterocycles. The molecule has 1 amide bonds. The van der Waals surface area contributed by atoms with Gasteiger partial charge < -0.3 is 16.0 Å². The smallest absolute Gasteiger partial charge is 0.252 e. The van der Waals surface area contributed by atoms with Crippen molar-refractivity contribution in [2.75, 3.05) is 5.32 Å². The zero-order chi connectivity index (χ0) is 20.2. The third-order valence-corrected chi connectivity index (χ3v) is 4.90. The predicted octanol–water partition coefficient (Wildman–Crippen LogP) is 5.71. The molecule has 2 aromatic carbocycles. The number of halogens is 5. The summed E-state index contributed by atoms with van der Waals surface area (Å²) in [7, 11) is 0. The Bertz CT molecular complexity index is 819. The van der Waals surface area contributed by atoms with Crippen molar-refractivity contribution in [1.82, 2.24) is 10.6 Å². The van der Waals surface area contributed by atoms with E-state index in [1.54, 1.807) is 42.5 Å². The number of alkyl halides is 3. The second kappa shape index (κ2) is 9.50. The number of hydrogen-bond donors (Lipinski definition) is 3. The summed E-state index contributed by atoms with van der Waals surface area (Å²) in [6.07, 6.45) is -1.11. The standard InChI is InChI=1S/C17H14Cl5N3OS/c1-9-5-7-10(8-6-9)14(26)24-15(17(20,21)22)25-16(27)23-13-11(18)3-2-4-12(13)19/h2-8,15H,1H3,(H,24,26)(H2,23,25,27)/t15-/m0/s1. The van der Waals surface area contributed by atoms with Gasteiger partial charge >= 0.3 is 0 Å². The second-order valence-corrected chi connectivity index (χ2v) is 9.10. The molecule has 2 rings (SSSR count).